The highest BCUT2D eigenvalue weighted by atomic mass is 16.2. The smallest absolute Gasteiger partial charge is 0.254 e. The summed E-state index contributed by atoms with van der Waals surface area (Å²) in [7, 11) is 0. The van der Waals surface area contributed by atoms with Gasteiger partial charge >= 0.3 is 0 Å². The third kappa shape index (κ3) is 2.69. The Hall–Kier alpha value is -1.94. The Morgan fingerprint density at radius 2 is 2.17 bits per heavy atom. The van der Waals surface area contributed by atoms with Crippen LogP contribution in [0.5, 0.6) is 0 Å². The lowest BCUT2D eigenvalue weighted by molar-refractivity contribution is 0.0778. The third-order valence-electron chi connectivity index (χ3n) is 5.55. The average molecular weight is 323 g/mol. The van der Waals surface area contributed by atoms with E-state index in [1.165, 1.54) is 12.8 Å². The molecule has 2 aliphatic rings. The van der Waals surface area contributed by atoms with Crippen LogP contribution >= 0.6 is 0 Å². The van der Waals surface area contributed by atoms with E-state index in [1.807, 2.05) is 17.0 Å². The number of hydrogen-bond donors (Lipinski definition) is 1. The summed E-state index contributed by atoms with van der Waals surface area (Å²) in [6, 6.07) is 8.24. The number of amides is 1. The fourth-order valence-electron chi connectivity index (χ4n) is 3.66. The van der Waals surface area contributed by atoms with E-state index >= 15 is 0 Å². The Morgan fingerprint density at radius 1 is 1.38 bits per heavy atom. The average Bonchev–Trinajstić information content (AvgIpc) is 3.36. The zero-order chi connectivity index (χ0) is 16.9. The summed E-state index contributed by atoms with van der Waals surface area (Å²) >= 11 is 0. The molecule has 4 nitrogen and oxygen atoms in total. The quantitative estimate of drug-likeness (QED) is 0.943. The van der Waals surface area contributed by atoms with Gasteiger partial charge in [0, 0.05) is 30.1 Å². The Labute approximate surface area is 143 Å². The highest BCUT2D eigenvalue weighted by molar-refractivity contribution is 6.06. The molecule has 4 heteroatoms. The SMILES string of the molecule is Cc1ccc2nc(C3CC3)cc(C(=O)N3CCC(C)(CN)C3)c2c1. The molecule has 1 saturated heterocycles. The molecule has 0 bridgehead atoms. The number of benzene rings is 1. The van der Waals surface area contributed by atoms with E-state index in [0.29, 0.717) is 12.5 Å². The predicted molar refractivity (Wildman–Crippen MR) is 96.1 cm³/mol. The number of carbonyl (C=O) groups excluding carboxylic acids is 1. The maximum atomic E-state index is 13.2. The van der Waals surface area contributed by atoms with Crippen molar-refractivity contribution < 1.29 is 4.79 Å². The van der Waals surface area contributed by atoms with Crippen molar-refractivity contribution in [1.82, 2.24) is 9.88 Å². The van der Waals surface area contributed by atoms with Crippen molar-refractivity contribution in [3.63, 3.8) is 0 Å². The molecule has 1 aliphatic carbocycles. The van der Waals surface area contributed by atoms with Crippen molar-refractivity contribution >= 4 is 16.8 Å². The molecule has 1 unspecified atom stereocenters. The van der Waals surface area contributed by atoms with Crippen LogP contribution in [0.4, 0.5) is 0 Å². The zero-order valence-corrected chi connectivity index (χ0v) is 14.5. The second-order valence-electron chi connectivity index (χ2n) is 7.88. The minimum atomic E-state index is 0.0493. The number of aromatic nitrogens is 1. The Morgan fingerprint density at radius 3 is 2.83 bits per heavy atom. The highest BCUT2D eigenvalue weighted by Crippen LogP contribution is 2.40. The second kappa shape index (κ2) is 5.55. The van der Waals surface area contributed by atoms with Gasteiger partial charge in [0.2, 0.25) is 0 Å². The summed E-state index contributed by atoms with van der Waals surface area (Å²) in [5, 5.41) is 0.978. The number of carbonyl (C=O) groups is 1. The van der Waals surface area contributed by atoms with Gasteiger partial charge in [-0.15, -0.1) is 0 Å². The van der Waals surface area contributed by atoms with Gasteiger partial charge in [-0.05, 0) is 56.3 Å². The number of nitrogens with zero attached hydrogens (tertiary/aromatic N) is 2. The van der Waals surface area contributed by atoms with Crippen molar-refractivity contribution in [3.05, 3.63) is 41.1 Å². The van der Waals surface area contributed by atoms with E-state index in [4.69, 9.17) is 10.7 Å². The van der Waals surface area contributed by atoms with Crippen molar-refractivity contribution in [2.24, 2.45) is 11.1 Å². The van der Waals surface area contributed by atoms with Gasteiger partial charge in [-0.25, -0.2) is 0 Å². The van der Waals surface area contributed by atoms with E-state index < -0.39 is 0 Å². The van der Waals surface area contributed by atoms with Crippen LogP contribution in [0.15, 0.2) is 24.3 Å². The molecule has 126 valence electrons. The van der Waals surface area contributed by atoms with Crippen molar-refractivity contribution in [3.8, 4) is 0 Å². The molecule has 2 aromatic rings. The van der Waals surface area contributed by atoms with E-state index in [1.54, 1.807) is 0 Å². The van der Waals surface area contributed by atoms with Crippen molar-refractivity contribution in [2.45, 2.75) is 39.0 Å². The highest BCUT2D eigenvalue weighted by Gasteiger charge is 2.36. The summed E-state index contributed by atoms with van der Waals surface area (Å²) < 4.78 is 0. The first-order chi connectivity index (χ1) is 11.5. The minimum absolute atomic E-state index is 0.0493. The second-order valence-corrected chi connectivity index (χ2v) is 7.88. The lowest BCUT2D eigenvalue weighted by atomic mass is 9.90. The number of nitrogens with two attached hydrogens (primary N) is 1. The first-order valence-corrected chi connectivity index (χ1v) is 8.90. The molecule has 0 radical (unpaired) electrons. The van der Waals surface area contributed by atoms with Gasteiger partial charge in [0.25, 0.3) is 5.91 Å². The van der Waals surface area contributed by atoms with Crippen LogP contribution in [0.25, 0.3) is 10.9 Å². The molecule has 1 amide bonds. The first-order valence-electron chi connectivity index (χ1n) is 8.90. The predicted octanol–water partition coefficient (Wildman–Crippen LogP) is 3.23. The van der Waals surface area contributed by atoms with E-state index in [9.17, 15) is 4.79 Å². The lowest BCUT2D eigenvalue weighted by Crippen LogP contribution is -2.34. The summed E-state index contributed by atoms with van der Waals surface area (Å²) in [5.41, 5.74) is 9.94. The van der Waals surface area contributed by atoms with Crippen molar-refractivity contribution in [2.75, 3.05) is 19.6 Å². The number of aryl methyl sites for hydroxylation is 1. The number of pyridine rings is 1. The van der Waals surface area contributed by atoms with Gasteiger partial charge in [0.15, 0.2) is 0 Å². The molecule has 2 N–H and O–H groups in total. The van der Waals surface area contributed by atoms with Gasteiger partial charge in [0.05, 0.1) is 11.1 Å². The molecule has 2 fully saturated rings. The molecule has 1 aromatic heterocycles. The fourth-order valence-corrected chi connectivity index (χ4v) is 3.66. The number of hydrogen-bond acceptors (Lipinski definition) is 3. The topological polar surface area (TPSA) is 59.2 Å². The van der Waals surface area contributed by atoms with Crippen LogP contribution in [0.3, 0.4) is 0 Å². The fraction of sp³-hybridized carbons (Fsp3) is 0.500. The molecule has 1 atom stereocenters. The van der Waals surface area contributed by atoms with E-state index in [0.717, 1.165) is 47.2 Å². The van der Waals surface area contributed by atoms with Crippen LogP contribution in [-0.2, 0) is 0 Å². The molecule has 1 saturated carbocycles. The number of likely N-dealkylation sites (tertiary alicyclic amines) is 1. The molecular formula is C20H25N3O. The largest absolute Gasteiger partial charge is 0.338 e. The Bertz CT molecular complexity index is 812. The van der Waals surface area contributed by atoms with E-state index in [2.05, 4.69) is 26.0 Å². The van der Waals surface area contributed by atoms with Crippen molar-refractivity contribution in [1.29, 1.82) is 0 Å². The summed E-state index contributed by atoms with van der Waals surface area (Å²) in [6.07, 6.45) is 3.35. The van der Waals surface area contributed by atoms with Crippen LogP contribution in [0, 0.1) is 12.3 Å². The van der Waals surface area contributed by atoms with E-state index in [-0.39, 0.29) is 11.3 Å². The van der Waals surface area contributed by atoms with Gasteiger partial charge < -0.3 is 10.6 Å². The summed E-state index contributed by atoms with van der Waals surface area (Å²) in [4.78, 5) is 20.0. The van der Waals surface area contributed by atoms with Crippen LogP contribution in [-0.4, -0.2) is 35.4 Å². The molecule has 0 spiro atoms. The lowest BCUT2D eigenvalue weighted by Gasteiger charge is -2.23. The maximum absolute atomic E-state index is 13.2. The summed E-state index contributed by atoms with van der Waals surface area (Å²) in [6.45, 7) is 6.40. The molecule has 2 heterocycles. The summed E-state index contributed by atoms with van der Waals surface area (Å²) in [5.74, 6) is 0.669. The van der Waals surface area contributed by atoms with Crippen LogP contribution in [0.1, 0.15) is 53.7 Å². The normalized spacial score (nSPS) is 23.9. The monoisotopic (exact) mass is 323 g/mol. The van der Waals surface area contributed by atoms with Gasteiger partial charge in [-0.2, -0.15) is 0 Å². The molecule has 4 rings (SSSR count). The van der Waals surface area contributed by atoms with Crippen LogP contribution < -0.4 is 5.73 Å². The maximum Gasteiger partial charge on any atom is 0.254 e. The van der Waals surface area contributed by atoms with Gasteiger partial charge in [0.1, 0.15) is 0 Å². The molecule has 1 aromatic carbocycles. The molecule has 24 heavy (non-hydrogen) atoms. The zero-order valence-electron chi connectivity index (χ0n) is 14.5. The minimum Gasteiger partial charge on any atom is -0.338 e. The molecular weight excluding hydrogens is 298 g/mol. The first kappa shape index (κ1) is 15.6. The number of fused-ring (bicyclic) bond motifs is 1. The third-order valence-corrected chi connectivity index (χ3v) is 5.55. The Balaban J connectivity index is 1.77. The van der Waals surface area contributed by atoms with Gasteiger partial charge in [-0.3, -0.25) is 9.78 Å². The molecule has 1 aliphatic heterocycles. The number of rotatable bonds is 3. The Kier molecular flexibility index (Phi) is 3.61. The van der Waals surface area contributed by atoms with Crippen LogP contribution in [0.2, 0.25) is 0 Å². The van der Waals surface area contributed by atoms with Gasteiger partial charge in [-0.1, -0.05) is 18.6 Å². The standard InChI is InChI=1S/C20H25N3O/c1-13-3-6-17-15(9-13)16(10-18(22-17)14-4-5-14)19(24)23-8-7-20(2,11-21)12-23/h3,6,9-10,14H,4-5,7-8,11-12,21H2,1-2H3.